The zero-order valence-electron chi connectivity index (χ0n) is 10.6. The zero-order valence-corrected chi connectivity index (χ0v) is 10.6. The summed E-state index contributed by atoms with van der Waals surface area (Å²) < 4.78 is 0. The summed E-state index contributed by atoms with van der Waals surface area (Å²) in [7, 11) is 0. The summed E-state index contributed by atoms with van der Waals surface area (Å²) in [6.45, 7) is 14.2. The van der Waals surface area contributed by atoms with E-state index in [9.17, 15) is 0 Å². The number of hydrogen-bond donors (Lipinski definition) is 2. The van der Waals surface area contributed by atoms with Crippen molar-refractivity contribution in [3.8, 4) is 0 Å². The first-order valence-electron chi connectivity index (χ1n) is 5.79. The number of allylic oxidation sites excluding steroid dienone is 1. The van der Waals surface area contributed by atoms with E-state index in [0.29, 0.717) is 6.54 Å². The van der Waals surface area contributed by atoms with Gasteiger partial charge in [0.2, 0.25) is 0 Å². The van der Waals surface area contributed by atoms with Crippen LogP contribution in [0.15, 0.2) is 60.4 Å². The highest BCUT2D eigenvalue weighted by Gasteiger charge is 2.15. The maximum atomic E-state index is 4.32. The molecular weight excluding hydrogens is 222 g/mol. The lowest BCUT2D eigenvalue weighted by Gasteiger charge is -2.20. The van der Waals surface area contributed by atoms with Crippen LogP contribution in [-0.4, -0.2) is 12.3 Å². The first-order valence-corrected chi connectivity index (χ1v) is 5.79. The number of benzene rings is 1. The molecule has 0 saturated heterocycles. The number of nitrogens with one attached hydrogen (secondary N) is 2. The molecule has 0 atom stereocenters. The Morgan fingerprint density at radius 1 is 1.28 bits per heavy atom. The number of fused-ring (bicyclic) bond motifs is 1. The third kappa shape index (κ3) is 2.35. The summed E-state index contributed by atoms with van der Waals surface area (Å²) in [6.07, 6.45) is 0. The number of hydrogen-bond acceptors (Lipinski definition) is 3. The highest BCUT2D eigenvalue weighted by Crippen LogP contribution is 2.20. The van der Waals surface area contributed by atoms with Gasteiger partial charge in [0.25, 0.3) is 0 Å². The third-order valence-corrected chi connectivity index (χ3v) is 2.87. The van der Waals surface area contributed by atoms with E-state index in [2.05, 4.69) is 35.6 Å². The zero-order chi connectivity index (χ0) is 13.1. The van der Waals surface area contributed by atoms with Crippen molar-refractivity contribution >= 4 is 11.4 Å². The fraction of sp³-hybridized carbons (Fsp3) is 0.133. The van der Waals surface area contributed by atoms with E-state index >= 15 is 0 Å². The Balaban J connectivity index is 2.18. The van der Waals surface area contributed by atoms with Crippen molar-refractivity contribution < 1.29 is 0 Å². The summed E-state index contributed by atoms with van der Waals surface area (Å²) in [5.41, 5.74) is 8.66. The topological polar surface area (TPSA) is 36.4 Å². The summed E-state index contributed by atoms with van der Waals surface area (Å²) in [4.78, 5) is 0. The SMILES string of the molecule is C=C(C)C(=C)NCC1=NNC(=C)c2ccccc21. The molecule has 0 amide bonds. The lowest BCUT2D eigenvalue weighted by atomic mass is 9.99. The Bertz CT molecular complexity index is 553. The van der Waals surface area contributed by atoms with Gasteiger partial charge in [0.1, 0.15) is 0 Å². The molecule has 0 aliphatic carbocycles. The van der Waals surface area contributed by atoms with Crippen LogP contribution in [-0.2, 0) is 0 Å². The maximum absolute atomic E-state index is 4.32. The molecule has 2 rings (SSSR count). The van der Waals surface area contributed by atoms with Crippen molar-refractivity contribution in [2.24, 2.45) is 5.10 Å². The average molecular weight is 239 g/mol. The van der Waals surface area contributed by atoms with E-state index in [1.54, 1.807) is 0 Å². The third-order valence-electron chi connectivity index (χ3n) is 2.87. The van der Waals surface area contributed by atoms with E-state index in [1.807, 2.05) is 31.2 Å². The monoisotopic (exact) mass is 239 g/mol. The fourth-order valence-electron chi connectivity index (χ4n) is 1.73. The second kappa shape index (κ2) is 4.92. The normalized spacial score (nSPS) is 13.2. The van der Waals surface area contributed by atoms with E-state index in [-0.39, 0.29) is 0 Å². The minimum Gasteiger partial charge on any atom is -0.380 e. The van der Waals surface area contributed by atoms with Crippen LogP contribution in [0.5, 0.6) is 0 Å². The second-order valence-corrected chi connectivity index (χ2v) is 4.31. The molecule has 1 aliphatic rings. The fourth-order valence-corrected chi connectivity index (χ4v) is 1.73. The van der Waals surface area contributed by atoms with Gasteiger partial charge in [0.05, 0.1) is 18.0 Å². The molecule has 0 unspecified atom stereocenters. The van der Waals surface area contributed by atoms with Gasteiger partial charge in [-0.1, -0.05) is 44.0 Å². The van der Waals surface area contributed by atoms with Crippen molar-refractivity contribution in [1.29, 1.82) is 0 Å². The van der Waals surface area contributed by atoms with Crippen molar-refractivity contribution in [2.75, 3.05) is 6.54 Å². The Hall–Kier alpha value is -2.29. The predicted molar refractivity (Wildman–Crippen MR) is 77.1 cm³/mol. The van der Waals surface area contributed by atoms with E-state index in [1.165, 1.54) is 0 Å². The van der Waals surface area contributed by atoms with Gasteiger partial charge < -0.3 is 5.32 Å². The molecule has 0 saturated carbocycles. The van der Waals surface area contributed by atoms with E-state index < -0.39 is 0 Å². The number of hydrazone groups is 1. The molecule has 0 bridgehead atoms. The first kappa shape index (κ1) is 12.2. The molecule has 18 heavy (non-hydrogen) atoms. The molecule has 0 radical (unpaired) electrons. The van der Waals surface area contributed by atoms with Crippen LogP contribution in [0.4, 0.5) is 0 Å². The molecule has 1 aromatic carbocycles. The van der Waals surface area contributed by atoms with Crippen LogP contribution < -0.4 is 10.7 Å². The van der Waals surface area contributed by atoms with Gasteiger partial charge in [-0.05, 0) is 12.5 Å². The molecule has 3 heteroatoms. The van der Waals surface area contributed by atoms with Crippen LogP contribution in [0, 0.1) is 0 Å². The standard InChI is InChI=1S/C15H17N3/c1-10(2)11(3)16-9-15-14-8-6-5-7-13(14)12(4)17-18-15/h5-8,16-17H,1,3-4,9H2,2H3. The molecule has 92 valence electrons. The molecule has 1 aromatic rings. The van der Waals surface area contributed by atoms with Gasteiger partial charge >= 0.3 is 0 Å². The molecular formula is C15H17N3. The molecule has 2 N–H and O–H groups in total. The summed E-state index contributed by atoms with van der Waals surface area (Å²) in [5.74, 6) is 0. The van der Waals surface area contributed by atoms with Crippen LogP contribution >= 0.6 is 0 Å². The highest BCUT2D eigenvalue weighted by molar-refractivity contribution is 6.07. The Labute approximate surface area is 108 Å². The van der Waals surface area contributed by atoms with Crippen LogP contribution in [0.1, 0.15) is 18.1 Å². The van der Waals surface area contributed by atoms with Gasteiger partial charge in [0.15, 0.2) is 0 Å². The molecule has 1 aliphatic heterocycles. The van der Waals surface area contributed by atoms with E-state index in [4.69, 9.17) is 0 Å². The Kier molecular flexibility index (Phi) is 3.33. The Morgan fingerprint density at radius 2 is 1.94 bits per heavy atom. The summed E-state index contributed by atoms with van der Waals surface area (Å²) >= 11 is 0. The lowest BCUT2D eigenvalue weighted by molar-refractivity contribution is 0.906. The van der Waals surface area contributed by atoms with Crippen molar-refractivity contribution in [2.45, 2.75) is 6.92 Å². The lowest BCUT2D eigenvalue weighted by Crippen LogP contribution is -2.28. The van der Waals surface area contributed by atoms with Crippen LogP contribution in [0.25, 0.3) is 5.70 Å². The Morgan fingerprint density at radius 3 is 2.61 bits per heavy atom. The first-order chi connectivity index (χ1) is 8.59. The minimum absolute atomic E-state index is 0.614. The number of nitrogens with zero attached hydrogens (tertiary/aromatic N) is 1. The predicted octanol–water partition coefficient (Wildman–Crippen LogP) is 2.64. The van der Waals surface area contributed by atoms with E-state index in [0.717, 1.165) is 33.8 Å². The smallest absolute Gasteiger partial charge is 0.0876 e. The molecule has 3 nitrogen and oxygen atoms in total. The van der Waals surface area contributed by atoms with Crippen LogP contribution in [0.3, 0.4) is 0 Å². The molecule has 0 fully saturated rings. The van der Waals surface area contributed by atoms with Gasteiger partial charge in [-0.25, -0.2) is 0 Å². The van der Waals surface area contributed by atoms with Crippen LogP contribution in [0.2, 0.25) is 0 Å². The second-order valence-electron chi connectivity index (χ2n) is 4.31. The summed E-state index contributed by atoms with van der Waals surface area (Å²) in [5, 5.41) is 7.53. The average Bonchev–Trinajstić information content (AvgIpc) is 2.38. The number of rotatable bonds is 4. The molecule has 0 aromatic heterocycles. The van der Waals surface area contributed by atoms with Crippen molar-refractivity contribution in [3.05, 3.63) is 66.4 Å². The van der Waals surface area contributed by atoms with Crippen molar-refractivity contribution in [3.63, 3.8) is 0 Å². The largest absolute Gasteiger partial charge is 0.380 e. The van der Waals surface area contributed by atoms with Gasteiger partial charge in [-0.15, -0.1) is 0 Å². The minimum atomic E-state index is 0.614. The summed E-state index contributed by atoms with van der Waals surface area (Å²) in [6, 6.07) is 8.08. The van der Waals surface area contributed by atoms with Gasteiger partial charge in [-0.3, -0.25) is 5.43 Å². The highest BCUT2D eigenvalue weighted by atomic mass is 15.3. The molecule has 0 spiro atoms. The molecule has 1 heterocycles. The quantitative estimate of drug-likeness (QED) is 0.792. The van der Waals surface area contributed by atoms with Crippen molar-refractivity contribution in [1.82, 2.24) is 10.7 Å². The van der Waals surface area contributed by atoms with Gasteiger partial charge in [0, 0.05) is 16.8 Å². The maximum Gasteiger partial charge on any atom is 0.0876 e. The van der Waals surface area contributed by atoms with Gasteiger partial charge in [-0.2, -0.15) is 5.10 Å².